The Balaban J connectivity index is 1.91. The summed E-state index contributed by atoms with van der Waals surface area (Å²) in [5.74, 6) is 0.426. The summed E-state index contributed by atoms with van der Waals surface area (Å²) in [6.07, 6.45) is 4.75. The van der Waals surface area contributed by atoms with Crippen LogP contribution in [0.1, 0.15) is 12.5 Å². The van der Waals surface area contributed by atoms with Gasteiger partial charge in [-0.1, -0.05) is 17.7 Å². The van der Waals surface area contributed by atoms with Crippen molar-refractivity contribution in [2.75, 3.05) is 0 Å². The van der Waals surface area contributed by atoms with Crippen molar-refractivity contribution in [1.29, 1.82) is 0 Å². The summed E-state index contributed by atoms with van der Waals surface area (Å²) in [7, 11) is 0. The van der Waals surface area contributed by atoms with Gasteiger partial charge in [0.2, 0.25) is 0 Å². The molecule has 0 atom stereocenters. The van der Waals surface area contributed by atoms with E-state index in [0.717, 1.165) is 11.1 Å². The molecule has 8 heteroatoms. The predicted molar refractivity (Wildman–Crippen MR) is 108 cm³/mol. The first-order valence-electron chi connectivity index (χ1n) is 8.73. The van der Waals surface area contributed by atoms with Crippen LogP contribution in [0.2, 0.25) is 5.02 Å². The van der Waals surface area contributed by atoms with Crippen LogP contribution in [0.3, 0.4) is 0 Å². The Morgan fingerprint density at radius 2 is 1.82 bits per heavy atom. The van der Waals surface area contributed by atoms with E-state index in [1.807, 2.05) is 13.0 Å². The SMILES string of the molecule is CCn1c(=O)n(Cc2cccnc2)c(=O)c2cnc(-c3ccc(Cl)cc3)nc21. The highest BCUT2D eigenvalue weighted by molar-refractivity contribution is 6.30. The number of pyridine rings is 1. The fourth-order valence-electron chi connectivity index (χ4n) is 3.03. The van der Waals surface area contributed by atoms with Crippen LogP contribution in [-0.2, 0) is 13.1 Å². The van der Waals surface area contributed by atoms with Gasteiger partial charge in [-0.15, -0.1) is 0 Å². The van der Waals surface area contributed by atoms with Crippen molar-refractivity contribution in [3.05, 3.63) is 86.4 Å². The Morgan fingerprint density at radius 3 is 2.50 bits per heavy atom. The monoisotopic (exact) mass is 393 g/mol. The summed E-state index contributed by atoms with van der Waals surface area (Å²) in [4.78, 5) is 38.8. The quantitative estimate of drug-likeness (QED) is 0.532. The van der Waals surface area contributed by atoms with E-state index >= 15 is 0 Å². The second kappa shape index (κ2) is 7.36. The molecule has 0 amide bonds. The van der Waals surface area contributed by atoms with Gasteiger partial charge in [-0.05, 0) is 42.8 Å². The molecule has 0 saturated carbocycles. The van der Waals surface area contributed by atoms with Crippen molar-refractivity contribution in [1.82, 2.24) is 24.1 Å². The second-order valence-corrected chi connectivity index (χ2v) is 6.65. The summed E-state index contributed by atoms with van der Waals surface area (Å²) >= 11 is 5.93. The average molecular weight is 394 g/mol. The van der Waals surface area contributed by atoms with Crippen LogP contribution in [-0.4, -0.2) is 24.1 Å². The lowest BCUT2D eigenvalue weighted by atomic mass is 10.2. The Morgan fingerprint density at radius 1 is 1.04 bits per heavy atom. The maximum absolute atomic E-state index is 13.0. The molecular formula is C20H16ClN5O2. The normalized spacial score (nSPS) is 11.1. The minimum atomic E-state index is -0.420. The molecule has 0 bridgehead atoms. The molecule has 1 aromatic carbocycles. The number of aromatic nitrogens is 5. The summed E-state index contributed by atoms with van der Waals surface area (Å²) in [5.41, 5.74) is 1.00. The number of fused-ring (bicyclic) bond motifs is 1. The molecule has 3 heterocycles. The molecule has 0 fully saturated rings. The number of aryl methyl sites for hydroxylation is 1. The average Bonchev–Trinajstić information content (AvgIpc) is 2.72. The van der Waals surface area contributed by atoms with Gasteiger partial charge in [-0.25, -0.2) is 14.8 Å². The van der Waals surface area contributed by atoms with Gasteiger partial charge in [0, 0.05) is 35.7 Å². The molecule has 0 aliphatic carbocycles. The molecule has 7 nitrogen and oxygen atoms in total. The van der Waals surface area contributed by atoms with Crippen molar-refractivity contribution in [2.45, 2.75) is 20.0 Å². The molecule has 3 aromatic heterocycles. The molecule has 0 radical (unpaired) electrons. The molecule has 28 heavy (non-hydrogen) atoms. The van der Waals surface area contributed by atoms with Crippen LogP contribution in [0.4, 0.5) is 0 Å². The summed E-state index contributed by atoms with van der Waals surface area (Å²) in [5, 5.41) is 0.899. The van der Waals surface area contributed by atoms with Crippen molar-refractivity contribution in [3.8, 4) is 11.4 Å². The Kier molecular flexibility index (Phi) is 4.75. The van der Waals surface area contributed by atoms with E-state index < -0.39 is 11.2 Å². The van der Waals surface area contributed by atoms with E-state index in [9.17, 15) is 9.59 Å². The molecule has 0 aliphatic heterocycles. The van der Waals surface area contributed by atoms with Gasteiger partial charge >= 0.3 is 5.69 Å². The molecule has 0 saturated heterocycles. The number of nitrogens with zero attached hydrogens (tertiary/aromatic N) is 5. The highest BCUT2D eigenvalue weighted by Gasteiger charge is 2.15. The first-order valence-corrected chi connectivity index (χ1v) is 9.11. The second-order valence-electron chi connectivity index (χ2n) is 6.22. The van der Waals surface area contributed by atoms with Crippen LogP contribution >= 0.6 is 11.6 Å². The third kappa shape index (κ3) is 3.20. The molecule has 140 valence electrons. The van der Waals surface area contributed by atoms with Gasteiger partial charge in [-0.2, -0.15) is 0 Å². The largest absolute Gasteiger partial charge is 0.332 e. The third-order valence-electron chi connectivity index (χ3n) is 4.44. The smallest absolute Gasteiger partial charge is 0.277 e. The standard InChI is InChI=1S/C20H16ClN5O2/c1-2-25-18-16(11-23-17(24-18)14-5-7-15(21)8-6-14)19(27)26(20(25)28)12-13-4-3-9-22-10-13/h3-11H,2,12H2,1H3. The summed E-state index contributed by atoms with van der Waals surface area (Å²) < 4.78 is 2.67. The number of hydrogen-bond donors (Lipinski definition) is 0. The fraction of sp³-hybridized carbons (Fsp3) is 0.150. The van der Waals surface area contributed by atoms with Crippen LogP contribution in [0.15, 0.2) is 64.6 Å². The van der Waals surface area contributed by atoms with Gasteiger partial charge in [0.05, 0.1) is 6.54 Å². The maximum Gasteiger partial charge on any atom is 0.332 e. The van der Waals surface area contributed by atoms with E-state index in [4.69, 9.17) is 11.6 Å². The van der Waals surface area contributed by atoms with Gasteiger partial charge in [-0.3, -0.25) is 18.9 Å². The zero-order valence-electron chi connectivity index (χ0n) is 15.0. The first kappa shape index (κ1) is 18.1. The van der Waals surface area contributed by atoms with Crippen molar-refractivity contribution >= 4 is 22.6 Å². The van der Waals surface area contributed by atoms with Gasteiger partial charge in [0.1, 0.15) is 5.39 Å². The first-order chi connectivity index (χ1) is 13.6. The Hall–Kier alpha value is -3.32. The topological polar surface area (TPSA) is 82.7 Å². The molecule has 4 aromatic rings. The predicted octanol–water partition coefficient (Wildman–Crippen LogP) is 2.74. The lowest BCUT2D eigenvalue weighted by Crippen LogP contribution is -2.40. The highest BCUT2D eigenvalue weighted by atomic mass is 35.5. The minimum absolute atomic E-state index is 0.139. The highest BCUT2D eigenvalue weighted by Crippen LogP contribution is 2.19. The van der Waals surface area contributed by atoms with Gasteiger partial charge in [0.25, 0.3) is 5.56 Å². The Labute approximate surface area is 164 Å². The lowest BCUT2D eigenvalue weighted by molar-refractivity contribution is 0.617. The van der Waals surface area contributed by atoms with E-state index in [1.165, 1.54) is 15.3 Å². The molecular weight excluding hydrogens is 378 g/mol. The molecule has 4 rings (SSSR count). The van der Waals surface area contributed by atoms with E-state index in [2.05, 4.69) is 15.0 Å². The fourth-order valence-corrected chi connectivity index (χ4v) is 3.16. The molecule has 0 unspecified atom stereocenters. The van der Waals surface area contributed by atoms with Crippen molar-refractivity contribution in [2.24, 2.45) is 0 Å². The number of benzene rings is 1. The zero-order chi connectivity index (χ0) is 19.7. The molecule has 0 N–H and O–H groups in total. The van der Waals surface area contributed by atoms with E-state index in [0.29, 0.717) is 28.4 Å². The maximum atomic E-state index is 13.0. The summed E-state index contributed by atoms with van der Waals surface area (Å²) in [6, 6.07) is 10.6. The van der Waals surface area contributed by atoms with E-state index in [-0.39, 0.29) is 6.54 Å². The number of hydrogen-bond acceptors (Lipinski definition) is 5. The van der Waals surface area contributed by atoms with Crippen LogP contribution in [0, 0.1) is 0 Å². The Bertz CT molecular complexity index is 1260. The number of rotatable bonds is 4. The number of halogens is 1. The molecule has 0 aliphatic rings. The van der Waals surface area contributed by atoms with Gasteiger partial charge < -0.3 is 0 Å². The summed E-state index contributed by atoms with van der Waals surface area (Å²) in [6.45, 7) is 2.35. The van der Waals surface area contributed by atoms with Gasteiger partial charge in [0.15, 0.2) is 11.5 Å². The van der Waals surface area contributed by atoms with E-state index in [1.54, 1.807) is 42.7 Å². The minimum Gasteiger partial charge on any atom is -0.277 e. The van der Waals surface area contributed by atoms with Crippen LogP contribution < -0.4 is 11.2 Å². The van der Waals surface area contributed by atoms with Crippen molar-refractivity contribution < 1.29 is 0 Å². The van der Waals surface area contributed by atoms with Crippen LogP contribution in [0.25, 0.3) is 22.4 Å². The van der Waals surface area contributed by atoms with Crippen LogP contribution in [0.5, 0.6) is 0 Å². The zero-order valence-corrected chi connectivity index (χ0v) is 15.8. The lowest BCUT2D eigenvalue weighted by Gasteiger charge is -2.12. The molecule has 0 spiro atoms. The third-order valence-corrected chi connectivity index (χ3v) is 4.70. The van der Waals surface area contributed by atoms with Crippen molar-refractivity contribution in [3.63, 3.8) is 0 Å².